The molecule has 0 aliphatic carbocycles. The van der Waals surface area contributed by atoms with E-state index >= 15 is 0 Å². The normalized spacial score (nSPS) is 11.8. The van der Waals surface area contributed by atoms with E-state index in [0.717, 1.165) is 4.88 Å². The van der Waals surface area contributed by atoms with E-state index in [1.165, 1.54) is 26.8 Å². The highest BCUT2D eigenvalue weighted by Crippen LogP contribution is 2.25. The van der Waals surface area contributed by atoms with E-state index < -0.39 is 10.0 Å². The smallest absolute Gasteiger partial charge is 0.243 e. The summed E-state index contributed by atoms with van der Waals surface area (Å²) in [5, 5.41) is 10.5. The van der Waals surface area contributed by atoms with Gasteiger partial charge >= 0.3 is 0 Å². The third-order valence-corrected chi connectivity index (χ3v) is 8.66. The molecule has 0 fully saturated rings. The number of aromatic nitrogens is 3. The predicted molar refractivity (Wildman–Crippen MR) is 127 cm³/mol. The average Bonchev–Trinajstić information content (AvgIpc) is 3.42. The summed E-state index contributed by atoms with van der Waals surface area (Å²) in [5.41, 5.74) is 0.529. The largest absolute Gasteiger partial charge is 0.340 e. The van der Waals surface area contributed by atoms with Crippen molar-refractivity contribution in [1.82, 2.24) is 24.1 Å². The van der Waals surface area contributed by atoms with Crippen LogP contribution >= 0.6 is 23.1 Å². The number of amides is 1. The first-order chi connectivity index (χ1) is 15.3. The highest BCUT2D eigenvalue weighted by atomic mass is 32.2. The van der Waals surface area contributed by atoms with Crippen molar-refractivity contribution in [3.8, 4) is 11.4 Å². The molecule has 0 atom stereocenters. The topological polar surface area (TPSA) is 114 Å². The Morgan fingerprint density at radius 2 is 1.94 bits per heavy atom. The second kappa shape index (κ2) is 10.5. The molecule has 3 rings (SSSR count). The van der Waals surface area contributed by atoms with Crippen LogP contribution in [0, 0.1) is 0 Å². The monoisotopic (exact) mass is 494 g/mol. The van der Waals surface area contributed by atoms with Crippen LogP contribution in [0.1, 0.15) is 18.7 Å². The van der Waals surface area contributed by atoms with Gasteiger partial charge in [0.15, 0.2) is 5.82 Å². The van der Waals surface area contributed by atoms with Gasteiger partial charge in [-0.05, 0) is 23.6 Å². The van der Waals surface area contributed by atoms with Crippen LogP contribution in [0.5, 0.6) is 0 Å². The fourth-order valence-corrected chi connectivity index (χ4v) is 6.10. The third kappa shape index (κ3) is 5.31. The lowest BCUT2D eigenvalue weighted by atomic mass is 10.2. The molecule has 12 heteroatoms. The molecule has 9 nitrogen and oxygen atoms in total. The van der Waals surface area contributed by atoms with Crippen LogP contribution in [-0.2, 0) is 21.4 Å². The Bertz CT molecular complexity index is 1160. The number of hydrogen-bond donors (Lipinski definition) is 1. The molecule has 0 aliphatic rings. The van der Waals surface area contributed by atoms with Gasteiger partial charge in [-0.15, -0.1) is 21.5 Å². The van der Waals surface area contributed by atoms with Gasteiger partial charge in [0.1, 0.15) is 0 Å². The van der Waals surface area contributed by atoms with Crippen LogP contribution in [0.4, 0.5) is 0 Å². The summed E-state index contributed by atoms with van der Waals surface area (Å²) < 4.78 is 28.3. The van der Waals surface area contributed by atoms with Crippen molar-refractivity contribution in [2.24, 2.45) is 0 Å². The third-order valence-electron chi connectivity index (χ3n) is 4.82. The summed E-state index contributed by atoms with van der Waals surface area (Å²) in [6, 6.07) is 10.4. The van der Waals surface area contributed by atoms with Gasteiger partial charge in [0.05, 0.1) is 17.2 Å². The number of nitrogens with zero attached hydrogens (tertiary/aromatic N) is 5. The van der Waals surface area contributed by atoms with Crippen LogP contribution in [0.3, 0.4) is 0 Å². The van der Waals surface area contributed by atoms with Gasteiger partial charge in [0.25, 0.3) is 0 Å². The molecule has 0 spiro atoms. The van der Waals surface area contributed by atoms with Gasteiger partial charge in [-0.3, -0.25) is 4.79 Å². The first kappa shape index (κ1) is 24.2. The van der Waals surface area contributed by atoms with Gasteiger partial charge in [0, 0.05) is 30.6 Å². The Morgan fingerprint density at radius 3 is 2.59 bits per heavy atom. The van der Waals surface area contributed by atoms with Crippen molar-refractivity contribution >= 4 is 39.0 Å². The van der Waals surface area contributed by atoms with Crippen LogP contribution in [-0.4, -0.2) is 64.3 Å². The number of nitrogen functional groups attached to an aromatic ring is 1. The fourth-order valence-electron chi connectivity index (χ4n) is 3.04. The highest BCUT2D eigenvalue weighted by molar-refractivity contribution is 7.99. The molecule has 2 aromatic heterocycles. The van der Waals surface area contributed by atoms with Gasteiger partial charge in [-0.25, -0.2) is 13.1 Å². The number of hydrogen-bond acceptors (Lipinski definition) is 8. The summed E-state index contributed by atoms with van der Waals surface area (Å²) in [5.74, 6) is 6.59. The predicted octanol–water partition coefficient (Wildman–Crippen LogP) is 2.50. The number of benzene rings is 1. The van der Waals surface area contributed by atoms with E-state index in [4.69, 9.17) is 5.84 Å². The number of carbonyl (C=O) groups excluding carboxylic acids is 1. The first-order valence-corrected chi connectivity index (χ1v) is 13.3. The second-order valence-corrected chi connectivity index (χ2v) is 10.8. The maximum atomic E-state index is 12.8. The molecule has 0 unspecified atom stereocenters. The molecular weight excluding hydrogens is 468 g/mol. The van der Waals surface area contributed by atoms with Gasteiger partial charge in [-0.1, -0.05) is 43.8 Å². The summed E-state index contributed by atoms with van der Waals surface area (Å²) in [4.78, 5) is 15.4. The Labute approximate surface area is 196 Å². The zero-order chi connectivity index (χ0) is 23.3. The Balaban J connectivity index is 1.73. The van der Waals surface area contributed by atoms with Gasteiger partial charge in [0.2, 0.25) is 21.1 Å². The van der Waals surface area contributed by atoms with Crippen molar-refractivity contribution in [3.05, 3.63) is 46.7 Å². The van der Waals surface area contributed by atoms with E-state index in [2.05, 4.69) is 10.2 Å². The summed E-state index contributed by atoms with van der Waals surface area (Å²) in [7, 11) is -1.86. The molecule has 2 N–H and O–H groups in total. The van der Waals surface area contributed by atoms with Crippen LogP contribution < -0.4 is 5.84 Å². The minimum atomic E-state index is -3.61. The molecule has 3 aromatic rings. The number of rotatable bonds is 10. The standard InChI is InChI=1S/C20H26N6O3S3/c1-4-25(5-2)32(28,29)17-10-6-8-15(12-17)19-22-23-20(26(19)21)31-14-18(27)24(3)13-16-9-7-11-30-16/h6-12H,4-5,13-14,21H2,1-3H3. The van der Waals surface area contributed by atoms with Gasteiger partial charge < -0.3 is 10.7 Å². The van der Waals surface area contributed by atoms with Crippen molar-refractivity contribution in [2.45, 2.75) is 30.4 Å². The molecule has 0 saturated carbocycles. The molecular formula is C20H26N6O3S3. The minimum absolute atomic E-state index is 0.0553. The maximum Gasteiger partial charge on any atom is 0.243 e. The van der Waals surface area contributed by atoms with Crippen LogP contribution in [0.2, 0.25) is 0 Å². The van der Waals surface area contributed by atoms with E-state index in [0.29, 0.717) is 36.2 Å². The van der Waals surface area contributed by atoms with Crippen LogP contribution in [0.15, 0.2) is 51.8 Å². The van der Waals surface area contributed by atoms with Crippen molar-refractivity contribution < 1.29 is 13.2 Å². The quantitative estimate of drug-likeness (QED) is 0.340. The highest BCUT2D eigenvalue weighted by Gasteiger charge is 2.23. The summed E-state index contributed by atoms with van der Waals surface area (Å²) in [6.07, 6.45) is 0. The minimum Gasteiger partial charge on any atom is -0.340 e. The summed E-state index contributed by atoms with van der Waals surface area (Å²) in [6.45, 7) is 4.90. The van der Waals surface area contributed by atoms with E-state index in [-0.39, 0.29) is 16.6 Å². The second-order valence-electron chi connectivity index (χ2n) is 6.91. The molecule has 1 amide bonds. The Hall–Kier alpha value is -2.41. The van der Waals surface area contributed by atoms with E-state index in [1.807, 2.05) is 17.5 Å². The number of sulfonamides is 1. The molecule has 0 saturated heterocycles. The maximum absolute atomic E-state index is 12.8. The van der Waals surface area contributed by atoms with Gasteiger partial charge in [-0.2, -0.15) is 4.31 Å². The number of carbonyl (C=O) groups is 1. The molecule has 172 valence electrons. The SMILES string of the molecule is CCN(CC)S(=O)(=O)c1cccc(-c2nnc(SCC(=O)N(C)Cc3cccs3)n2N)c1. The lowest BCUT2D eigenvalue weighted by molar-refractivity contribution is -0.127. The average molecular weight is 495 g/mol. The van der Waals surface area contributed by atoms with Crippen LogP contribution in [0.25, 0.3) is 11.4 Å². The molecule has 2 heterocycles. The first-order valence-electron chi connectivity index (χ1n) is 9.98. The zero-order valence-electron chi connectivity index (χ0n) is 18.1. The molecule has 32 heavy (non-hydrogen) atoms. The van der Waals surface area contributed by atoms with Crippen molar-refractivity contribution in [2.75, 3.05) is 31.7 Å². The van der Waals surface area contributed by atoms with E-state index in [1.54, 1.807) is 55.3 Å². The number of nitrogens with two attached hydrogens (primary N) is 1. The van der Waals surface area contributed by atoms with E-state index in [9.17, 15) is 13.2 Å². The Morgan fingerprint density at radius 1 is 1.19 bits per heavy atom. The zero-order valence-corrected chi connectivity index (χ0v) is 20.6. The molecule has 1 aromatic carbocycles. The van der Waals surface area contributed by atoms with Crippen molar-refractivity contribution in [1.29, 1.82) is 0 Å². The summed E-state index contributed by atoms with van der Waals surface area (Å²) >= 11 is 2.78. The fraction of sp³-hybridized carbons (Fsp3) is 0.350. The lowest BCUT2D eigenvalue weighted by Gasteiger charge is -2.18. The number of thioether (sulfide) groups is 1. The molecule has 0 radical (unpaired) electrons. The molecule has 0 aliphatic heterocycles. The number of thiophene rings is 1. The lowest BCUT2D eigenvalue weighted by Crippen LogP contribution is -2.30. The molecule has 0 bridgehead atoms. The van der Waals surface area contributed by atoms with Crippen molar-refractivity contribution in [3.63, 3.8) is 0 Å². The Kier molecular flexibility index (Phi) is 7.93.